The van der Waals surface area contributed by atoms with Crippen LogP contribution in [0, 0.1) is 11.9 Å². The van der Waals surface area contributed by atoms with E-state index < -0.39 is 0 Å². The molecule has 0 aromatic heterocycles. The summed E-state index contributed by atoms with van der Waals surface area (Å²) in [5.41, 5.74) is 0. The molecule has 0 N–H and O–H groups in total. The van der Waals surface area contributed by atoms with Crippen LogP contribution in [0.4, 0.5) is 4.39 Å². The number of hydrogen-bond acceptors (Lipinski definition) is 0. The zero-order chi connectivity index (χ0) is 5.98. The van der Waals surface area contributed by atoms with Gasteiger partial charge in [0.15, 0.2) is 0 Å². The van der Waals surface area contributed by atoms with E-state index in [0.717, 1.165) is 4.47 Å². The maximum absolute atomic E-state index is 12.1. The van der Waals surface area contributed by atoms with Crippen molar-refractivity contribution in [3.8, 4) is 0 Å². The van der Waals surface area contributed by atoms with Gasteiger partial charge >= 0.3 is 18.9 Å². The van der Waals surface area contributed by atoms with Crippen LogP contribution in [0.15, 0.2) is 22.7 Å². The normalized spacial score (nSPS) is 8.22. The molecule has 42 valence electrons. The Morgan fingerprint density at radius 1 is 1.56 bits per heavy atom. The molecule has 0 aliphatic rings. The molecular formula is C6H3BrFLi. The van der Waals surface area contributed by atoms with Crippen LogP contribution < -0.4 is 18.9 Å². The number of halogens is 2. The Morgan fingerprint density at radius 2 is 2.22 bits per heavy atom. The van der Waals surface area contributed by atoms with Gasteiger partial charge in [0.25, 0.3) is 0 Å². The molecule has 0 spiro atoms. The maximum atomic E-state index is 12.1. The molecule has 0 unspecified atom stereocenters. The largest absolute Gasteiger partial charge is 1.00 e. The van der Waals surface area contributed by atoms with Crippen LogP contribution in [0.1, 0.15) is 0 Å². The minimum atomic E-state index is -0.334. The average molecular weight is 181 g/mol. The molecule has 0 aliphatic carbocycles. The molecule has 0 atom stereocenters. The van der Waals surface area contributed by atoms with Crippen molar-refractivity contribution in [3.63, 3.8) is 0 Å². The minimum absolute atomic E-state index is 0. The molecule has 0 nitrogen and oxygen atoms in total. The van der Waals surface area contributed by atoms with Crippen LogP contribution in [-0.4, -0.2) is 0 Å². The Kier molecular flexibility index (Phi) is 4.21. The molecule has 9 heavy (non-hydrogen) atoms. The van der Waals surface area contributed by atoms with Crippen LogP contribution in [0.3, 0.4) is 0 Å². The van der Waals surface area contributed by atoms with Crippen molar-refractivity contribution in [2.24, 2.45) is 0 Å². The molecule has 0 bridgehead atoms. The third kappa shape index (κ3) is 3.05. The second kappa shape index (κ2) is 4.11. The Morgan fingerprint density at radius 3 is 2.56 bits per heavy atom. The van der Waals surface area contributed by atoms with Gasteiger partial charge in [-0.3, -0.25) is 0 Å². The second-order valence-corrected chi connectivity index (χ2v) is 2.27. The molecule has 0 radical (unpaired) electrons. The van der Waals surface area contributed by atoms with Crippen LogP contribution in [0.5, 0.6) is 0 Å². The molecule has 0 heterocycles. The van der Waals surface area contributed by atoms with E-state index in [2.05, 4.69) is 22.0 Å². The molecule has 1 aromatic rings. The van der Waals surface area contributed by atoms with Crippen molar-refractivity contribution >= 4 is 15.9 Å². The zero-order valence-corrected chi connectivity index (χ0v) is 6.57. The summed E-state index contributed by atoms with van der Waals surface area (Å²) in [5, 5.41) is 0. The minimum Gasteiger partial charge on any atom is -0.236 e. The molecule has 3 heteroatoms. The average Bonchev–Trinajstić information content (AvgIpc) is 1.64. The summed E-state index contributed by atoms with van der Waals surface area (Å²) in [6, 6.07) is 6.99. The first-order valence-electron chi connectivity index (χ1n) is 2.12. The van der Waals surface area contributed by atoms with Gasteiger partial charge in [-0.15, -0.1) is 12.1 Å². The number of hydrogen-bond donors (Lipinski definition) is 0. The van der Waals surface area contributed by atoms with Gasteiger partial charge in [-0.1, -0.05) is 20.4 Å². The Balaban J connectivity index is 0.000000640. The van der Waals surface area contributed by atoms with Gasteiger partial charge in [0.1, 0.15) is 0 Å². The fourth-order valence-corrected chi connectivity index (χ4v) is 0.745. The zero-order valence-electron chi connectivity index (χ0n) is 4.99. The van der Waals surface area contributed by atoms with Gasteiger partial charge in [-0.25, -0.2) is 4.39 Å². The smallest absolute Gasteiger partial charge is 0.236 e. The summed E-state index contributed by atoms with van der Waals surface area (Å²) in [6.07, 6.45) is 0. The number of rotatable bonds is 0. The van der Waals surface area contributed by atoms with Gasteiger partial charge in [-0.2, -0.15) is 12.1 Å². The Labute approximate surface area is 73.8 Å². The summed E-state index contributed by atoms with van der Waals surface area (Å²) in [5.74, 6) is -0.334. The third-order valence-corrected chi connectivity index (χ3v) is 1.22. The van der Waals surface area contributed by atoms with Gasteiger partial charge < -0.3 is 0 Å². The summed E-state index contributed by atoms with van der Waals surface area (Å²) in [6.45, 7) is 0. The van der Waals surface area contributed by atoms with Crippen LogP contribution in [0.25, 0.3) is 0 Å². The molecule has 0 aliphatic heterocycles. The van der Waals surface area contributed by atoms with Gasteiger partial charge in [0.05, 0.1) is 0 Å². The van der Waals surface area contributed by atoms with E-state index in [1.165, 1.54) is 12.1 Å². The molecular weight excluding hydrogens is 178 g/mol. The van der Waals surface area contributed by atoms with Crippen molar-refractivity contribution in [1.29, 1.82) is 0 Å². The van der Waals surface area contributed by atoms with Crippen molar-refractivity contribution in [2.75, 3.05) is 0 Å². The van der Waals surface area contributed by atoms with Gasteiger partial charge in [-0.05, 0) is 0 Å². The molecule has 0 saturated heterocycles. The van der Waals surface area contributed by atoms with Crippen LogP contribution >= 0.6 is 15.9 Å². The Hall–Kier alpha value is 0.227. The monoisotopic (exact) mass is 180 g/mol. The quantitative estimate of drug-likeness (QED) is 0.370. The van der Waals surface area contributed by atoms with Crippen LogP contribution in [-0.2, 0) is 0 Å². The summed E-state index contributed by atoms with van der Waals surface area (Å²) >= 11 is 3.10. The van der Waals surface area contributed by atoms with E-state index in [1.807, 2.05) is 0 Å². The first-order chi connectivity index (χ1) is 3.79. The molecule has 0 amide bonds. The predicted octanol–water partition coefficient (Wildman–Crippen LogP) is -0.608. The number of benzene rings is 1. The second-order valence-electron chi connectivity index (χ2n) is 1.35. The molecule has 0 fully saturated rings. The first-order valence-corrected chi connectivity index (χ1v) is 2.91. The molecule has 0 saturated carbocycles. The predicted molar refractivity (Wildman–Crippen MR) is 32.9 cm³/mol. The topological polar surface area (TPSA) is 0 Å². The van der Waals surface area contributed by atoms with Crippen molar-refractivity contribution in [1.82, 2.24) is 0 Å². The van der Waals surface area contributed by atoms with Gasteiger partial charge in [0.2, 0.25) is 0 Å². The Bertz CT molecular complexity index is 173. The van der Waals surface area contributed by atoms with Crippen molar-refractivity contribution in [2.45, 2.75) is 0 Å². The van der Waals surface area contributed by atoms with E-state index >= 15 is 0 Å². The molecule has 1 rings (SSSR count). The fraction of sp³-hybridized carbons (Fsp3) is 0. The summed E-state index contributed by atoms with van der Waals surface area (Å²) < 4.78 is 12.8. The third-order valence-electron chi connectivity index (χ3n) is 0.728. The van der Waals surface area contributed by atoms with E-state index in [1.54, 1.807) is 6.07 Å². The van der Waals surface area contributed by atoms with Crippen LogP contribution in [0.2, 0.25) is 0 Å². The SMILES string of the molecule is Fc1[c-]ccc(Br)c1.[Li+]. The van der Waals surface area contributed by atoms with E-state index in [9.17, 15) is 4.39 Å². The van der Waals surface area contributed by atoms with E-state index in [4.69, 9.17) is 0 Å². The standard InChI is InChI=1S/C6H3BrF.Li/c7-5-2-1-3-6(8)4-5;/h1-2,4H;/q-1;+1. The van der Waals surface area contributed by atoms with Crippen molar-refractivity contribution < 1.29 is 23.3 Å². The summed E-state index contributed by atoms with van der Waals surface area (Å²) in [7, 11) is 0. The molecule has 1 aromatic carbocycles. The van der Waals surface area contributed by atoms with E-state index in [-0.39, 0.29) is 24.7 Å². The van der Waals surface area contributed by atoms with Crippen molar-refractivity contribution in [3.05, 3.63) is 34.6 Å². The first kappa shape index (κ1) is 9.23. The van der Waals surface area contributed by atoms with E-state index in [0.29, 0.717) is 0 Å². The maximum Gasteiger partial charge on any atom is 1.00 e. The fourth-order valence-electron chi connectivity index (χ4n) is 0.412. The summed E-state index contributed by atoms with van der Waals surface area (Å²) in [4.78, 5) is 0. The van der Waals surface area contributed by atoms with Gasteiger partial charge in [0, 0.05) is 5.82 Å².